The van der Waals surface area contributed by atoms with Crippen LogP contribution in [0.5, 0.6) is 11.5 Å². The molecule has 1 aromatic carbocycles. The number of methoxy groups -OCH3 is 2. The number of benzene rings is 1. The minimum absolute atomic E-state index is 0.0610. The number of ether oxygens (including phenoxy) is 2. The van der Waals surface area contributed by atoms with Crippen LogP contribution in [0.2, 0.25) is 0 Å². The number of likely N-dealkylation sites (N-methyl/N-ethyl adjacent to an activating group) is 2. The van der Waals surface area contributed by atoms with Crippen molar-refractivity contribution in [3.63, 3.8) is 0 Å². The summed E-state index contributed by atoms with van der Waals surface area (Å²) >= 11 is 0. The van der Waals surface area contributed by atoms with Crippen LogP contribution in [0.3, 0.4) is 0 Å². The van der Waals surface area contributed by atoms with Gasteiger partial charge < -0.3 is 19.7 Å². The summed E-state index contributed by atoms with van der Waals surface area (Å²) in [7, 11) is 4.90. The first-order valence-corrected chi connectivity index (χ1v) is 8.77. The number of amides is 2. The van der Waals surface area contributed by atoms with E-state index in [0.29, 0.717) is 24.6 Å². The maximum Gasteiger partial charge on any atom is 0.236 e. The summed E-state index contributed by atoms with van der Waals surface area (Å²) in [6.07, 6.45) is 0. The van der Waals surface area contributed by atoms with Gasteiger partial charge in [-0.1, -0.05) is 19.1 Å². The molecule has 0 heterocycles. The molecule has 1 N–H and O–H groups in total. The summed E-state index contributed by atoms with van der Waals surface area (Å²) in [5, 5.41) is 2.84. The fourth-order valence-corrected chi connectivity index (χ4v) is 2.58. The van der Waals surface area contributed by atoms with E-state index in [-0.39, 0.29) is 30.9 Å². The zero-order valence-corrected chi connectivity index (χ0v) is 16.7. The van der Waals surface area contributed by atoms with E-state index in [1.807, 2.05) is 43.9 Å². The molecule has 0 radical (unpaired) electrons. The smallest absolute Gasteiger partial charge is 0.236 e. The summed E-state index contributed by atoms with van der Waals surface area (Å²) < 4.78 is 10.7. The third kappa shape index (κ3) is 6.55. The van der Waals surface area contributed by atoms with Gasteiger partial charge >= 0.3 is 0 Å². The van der Waals surface area contributed by atoms with E-state index >= 15 is 0 Å². The molecule has 7 heteroatoms. The second-order valence-electron chi connectivity index (χ2n) is 6.43. The number of nitrogens with one attached hydrogen (secondary N) is 1. The Kier molecular flexibility index (Phi) is 8.92. The monoisotopic (exact) mass is 365 g/mol. The van der Waals surface area contributed by atoms with Gasteiger partial charge in [-0.05, 0) is 26.5 Å². The number of carbonyl (C=O) groups is 2. The fourth-order valence-electron chi connectivity index (χ4n) is 2.58. The number of nitrogens with zero attached hydrogens (tertiary/aromatic N) is 2. The molecule has 0 saturated carbocycles. The van der Waals surface area contributed by atoms with Crippen molar-refractivity contribution in [1.82, 2.24) is 15.1 Å². The van der Waals surface area contributed by atoms with Crippen molar-refractivity contribution in [1.29, 1.82) is 0 Å². The first-order valence-electron chi connectivity index (χ1n) is 8.77. The van der Waals surface area contributed by atoms with Crippen molar-refractivity contribution in [3.05, 3.63) is 23.8 Å². The molecule has 1 aromatic rings. The highest BCUT2D eigenvalue weighted by atomic mass is 16.5. The van der Waals surface area contributed by atoms with Crippen LogP contribution in [-0.2, 0) is 16.1 Å². The van der Waals surface area contributed by atoms with Crippen LogP contribution in [-0.4, -0.2) is 68.6 Å². The van der Waals surface area contributed by atoms with Gasteiger partial charge in [0.15, 0.2) is 11.5 Å². The van der Waals surface area contributed by atoms with E-state index in [1.54, 1.807) is 26.2 Å². The minimum atomic E-state index is -0.0771. The largest absolute Gasteiger partial charge is 0.493 e. The highest BCUT2D eigenvalue weighted by molar-refractivity contribution is 5.81. The molecule has 0 spiro atoms. The molecule has 0 saturated heterocycles. The van der Waals surface area contributed by atoms with Crippen molar-refractivity contribution in [3.8, 4) is 11.5 Å². The normalized spacial score (nSPS) is 10.8. The van der Waals surface area contributed by atoms with Gasteiger partial charge in [0.2, 0.25) is 11.8 Å². The van der Waals surface area contributed by atoms with Crippen molar-refractivity contribution < 1.29 is 19.1 Å². The zero-order valence-electron chi connectivity index (χ0n) is 16.7. The molecule has 146 valence electrons. The molecule has 0 atom stereocenters. The Morgan fingerprint density at radius 2 is 1.85 bits per heavy atom. The van der Waals surface area contributed by atoms with Crippen LogP contribution in [0, 0.1) is 0 Å². The lowest BCUT2D eigenvalue weighted by atomic mass is 10.1. The van der Waals surface area contributed by atoms with Crippen LogP contribution < -0.4 is 14.8 Å². The molecule has 1 rings (SSSR count). The van der Waals surface area contributed by atoms with Gasteiger partial charge in [-0.3, -0.25) is 14.5 Å². The standard InChI is InChI=1S/C19H31N3O4/c1-7-22(12-17(23)20-14(2)3)13-18(24)21(4)11-15-9-8-10-16(25-5)19(15)26-6/h8-10,14H,7,11-13H2,1-6H3,(H,20,23). The number of hydrogen-bond donors (Lipinski definition) is 1. The maximum absolute atomic E-state index is 12.6. The molecule has 7 nitrogen and oxygen atoms in total. The highest BCUT2D eigenvalue weighted by Gasteiger charge is 2.18. The number of para-hydroxylation sites is 1. The van der Waals surface area contributed by atoms with E-state index in [4.69, 9.17) is 9.47 Å². The molecule has 0 bridgehead atoms. The van der Waals surface area contributed by atoms with Crippen LogP contribution in [0.25, 0.3) is 0 Å². The third-order valence-electron chi connectivity index (χ3n) is 3.94. The van der Waals surface area contributed by atoms with Crippen LogP contribution in [0.1, 0.15) is 26.3 Å². The Bertz CT molecular complexity index is 604. The molecule has 0 fully saturated rings. The molecule has 0 aliphatic heterocycles. The quantitative estimate of drug-likeness (QED) is 0.681. The lowest BCUT2D eigenvalue weighted by molar-refractivity contribution is -0.132. The second-order valence-corrected chi connectivity index (χ2v) is 6.43. The Morgan fingerprint density at radius 1 is 1.15 bits per heavy atom. The summed E-state index contributed by atoms with van der Waals surface area (Å²) in [6.45, 7) is 7.16. The van der Waals surface area contributed by atoms with Crippen molar-refractivity contribution in [2.75, 3.05) is 40.9 Å². The number of rotatable bonds is 10. The van der Waals surface area contributed by atoms with Gasteiger partial charge in [0.25, 0.3) is 0 Å². The summed E-state index contributed by atoms with van der Waals surface area (Å²) in [6, 6.07) is 5.67. The van der Waals surface area contributed by atoms with E-state index in [0.717, 1.165) is 5.56 Å². The average Bonchev–Trinajstić information content (AvgIpc) is 2.59. The van der Waals surface area contributed by atoms with Crippen molar-refractivity contribution >= 4 is 11.8 Å². The Hall–Kier alpha value is -2.28. The Labute approximate surface area is 156 Å². The number of hydrogen-bond acceptors (Lipinski definition) is 5. The predicted molar refractivity (Wildman–Crippen MR) is 101 cm³/mol. The summed E-state index contributed by atoms with van der Waals surface area (Å²) in [4.78, 5) is 27.9. The molecular formula is C19H31N3O4. The maximum atomic E-state index is 12.6. The van der Waals surface area contributed by atoms with E-state index in [2.05, 4.69) is 5.32 Å². The van der Waals surface area contributed by atoms with Crippen molar-refractivity contribution in [2.24, 2.45) is 0 Å². The van der Waals surface area contributed by atoms with Gasteiger partial charge in [-0.15, -0.1) is 0 Å². The van der Waals surface area contributed by atoms with Crippen molar-refractivity contribution in [2.45, 2.75) is 33.4 Å². The lowest BCUT2D eigenvalue weighted by Crippen LogP contribution is -2.44. The van der Waals surface area contributed by atoms with E-state index in [9.17, 15) is 9.59 Å². The average molecular weight is 365 g/mol. The first-order chi connectivity index (χ1) is 12.3. The van der Waals surface area contributed by atoms with E-state index < -0.39 is 0 Å². The molecular weight excluding hydrogens is 334 g/mol. The SMILES string of the molecule is CCN(CC(=O)NC(C)C)CC(=O)N(C)Cc1cccc(OC)c1OC. The second kappa shape index (κ2) is 10.7. The predicted octanol–water partition coefficient (Wildman–Crippen LogP) is 1.51. The fraction of sp³-hybridized carbons (Fsp3) is 0.579. The topological polar surface area (TPSA) is 71.1 Å². The van der Waals surface area contributed by atoms with Crippen LogP contribution in [0.15, 0.2) is 18.2 Å². The molecule has 26 heavy (non-hydrogen) atoms. The van der Waals surface area contributed by atoms with Gasteiger partial charge in [0, 0.05) is 25.2 Å². The van der Waals surface area contributed by atoms with Crippen LogP contribution in [0.4, 0.5) is 0 Å². The van der Waals surface area contributed by atoms with Gasteiger partial charge in [0.1, 0.15) is 0 Å². The Morgan fingerprint density at radius 3 is 2.38 bits per heavy atom. The van der Waals surface area contributed by atoms with Crippen LogP contribution >= 0.6 is 0 Å². The van der Waals surface area contributed by atoms with Gasteiger partial charge in [-0.25, -0.2) is 0 Å². The highest BCUT2D eigenvalue weighted by Crippen LogP contribution is 2.31. The summed E-state index contributed by atoms with van der Waals surface area (Å²) in [5.74, 6) is 1.12. The molecule has 0 aliphatic carbocycles. The summed E-state index contributed by atoms with van der Waals surface area (Å²) in [5.41, 5.74) is 0.864. The van der Waals surface area contributed by atoms with Gasteiger partial charge in [-0.2, -0.15) is 0 Å². The van der Waals surface area contributed by atoms with E-state index in [1.165, 1.54) is 0 Å². The zero-order chi connectivity index (χ0) is 19.7. The minimum Gasteiger partial charge on any atom is -0.493 e. The molecule has 2 amide bonds. The molecule has 0 aromatic heterocycles. The molecule has 0 aliphatic rings. The number of carbonyl (C=O) groups excluding carboxylic acids is 2. The van der Waals surface area contributed by atoms with Gasteiger partial charge in [0.05, 0.1) is 27.3 Å². The third-order valence-corrected chi connectivity index (χ3v) is 3.94. The first kappa shape index (κ1) is 21.8. The Balaban J connectivity index is 2.71. The lowest BCUT2D eigenvalue weighted by Gasteiger charge is -2.24. The molecule has 0 unspecified atom stereocenters.